The van der Waals surface area contributed by atoms with Crippen LogP contribution in [0.3, 0.4) is 0 Å². The van der Waals surface area contributed by atoms with Gasteiger partial charge in [0.1, 0.15) is 17.0 Å². The van der Waals surface area contributed by atoms with Crippen molar-refractivity contribution < 1.29 is 23.8 Å². The van der Waals surface area contributed by atoms with E-state index >= 15 is 0 Å². The number of carboxylic acids is 1. The highest BCUT2D eigenvalue weighted by Gasteiger charge is 2.32. The predicted octanol–water partition coefficient (Wildman–Crippen LogP) is 3.82. The summed E-state index contributed by atoms with van der Waals surface area (Å²) in [5.74, 6) is -1.52. The molecule has 0 bridgehead atoms. The van der Waals surface area contributed by atoms with Crippen molar-refractivity contribution in [3.63, 3.8) is 0 Å². The van der Waals surface area contributed by atoms with Gasteiger partial charge in [-0.2, -0.15) is 5.10 Å². The van der Waals surface area contributed by atoms with Gasteiger partial charge in [0.25, 0.3) is 0 Å². The van der Waals surface area contributed by atoms with Gasteiger partial charge in [0, 0.05) is 19.0 Å². The summed E-state index contributed by atoms with van der Waals surface area (Å²) in [6.07, 6.45) is 2.14. The van der Waals surface area contributed by atoms with Crippen molar-refractivity contribution in [3.8, 4) is 5.69 Å². The van der Waals surface area contributed by atoms with Crippen molar-refractivity contribution in [1.82, 2.24) is 14.7 Å². The minimum absolute atomic E-state index is 0.0858. The van der Waals surface area contributed by atoms with Crippen LogP contribution in [-0.2, 0) is 4.74 Å². The van der Waals surface area contributed by atoms with Crippen molar-refractivity contribution in [2.24, 2.45) is 0 Å². The van der Waals surface area contributed by atoms with Crippen molar-refractivity contribution in [3.05, 3.63) is 47.5 Å². The van der Waals surface area contributed by atoms with E-state index in [2.05, 4.69) is 5.10 Å². The summed E-state index contributed by atoms with van der Waals surface area (Å²) >= 11 is 0. The van der Waals surface area contributed by atoms with E-state index in [1.54, 1.807) is 21.7 Å². The zero-order valence-electron chi connectivity index (χ0n) is 16.2. The molecule has 1 aliphatic rings. The van der Waals surface area contributed by atoms with Crippen LogP contribution in [0, 0.1) is 5.82 Å². The quantitative estimate of drug-likeness (QED) is 0.863. The fraction of sp³-hybridized carbons (Fsp3) is 0.450. The van der Waals surface area contributed by atoms with Gasteiger partial charge in [0.2, 0.25) is 0 Å². The van der Waals surface area contributed by atoms with Gasteiger partial charge >= 0.3 is 12.1 Å². The number of amides is 1. The van der Waals surface area contributed by atoms with E-state index in [1.165, 1.54) is 18.3 Å². The maximum Gasteiger partial charge on any atom is 0.410 e. The number of halogens is 1. The molecule has 8 heteroatoms. The molecule has 28 heavy (non-hydrogen) atoms. The van der Waals surface area contributed by atoms with Crippen LogP contribution in [0.15, 0.2) is 30.5 Å². The first-order valence-electron chi connectivity index (χ1n) is 9.21. The third-order valence-corrected chi connectivity index (χ3v) is 4.64. The van der Waals surface area contributed by atoms with Crippen LogP contribution in [-0.4, -0.2) is 50.5 Å². The average molecular weight is 389 g/mol. The Morgan fingerprint density at radius 2 is 1.79 bits per heavy atom. The van der Waals surface area contributed by atoms with Crippen LogP contribution in [0.4, 0.5) is 9.18 Å². The summed E-state index contributed by atoms with van der Waals surface area (Å²) in [4.78, 5) is 25.6. The standard InChI is InChI=1S/C20H24FN3O4/c1-20(2,3)28-19(27)23-10-8-13(9-11-23)17-16(18(25)26)12-22-24(17)15-6-4-14(21)5-7-15/h4-7,12-13H,8-11H2,1-3H3,(H,25,26). The number of nitrogens with zero attached hydrogens (tertiary/aromatic N) is 3. The number of piperidine rings is 1. The molecule has 2 aromatic rings. The summed E-state index contributed by atoms with van der Waals surface area (Å²) in [5.41, 5.74) is 0.729. The number of aromatic nitrogens is 2. The lowest BCUT2D eigenvalue weighted by Gasteiger charge is -2.33. The number of carboxylic acid groups (broad SMARTS) is 1. The van der Waals surface area contributed by atoms with Gasteiger partial charge in [0.05, 0.1) is 17.6 Å². The second kappa shape index (κ2) is 7.61. The average Bonchev–Trinajstić information content (AvgIpc) is 3.06. The van der Waals surface area contributed by atoms with Gasteiger partial charge in [-0.25, -0.2) is 18.7 Å². The fourth-order valence-corrected chi connectivity index (χ4v) is 3.37. The fourth-order valence-electron chi connectivity index (χ4n) is 3.37. The predicted molar refractivity (Wildman–Crippen MR) is 100 cm³/mol. The number of hydrogen-bond donors (Lipinski definition) is 1. The van der Waals surface area contributed by atoms with E-state index in [-0.39, 0.29) is 23.4 Å². The van der Waals surface area contributed by atoms with Crippen LogP contribution >= 0.6 is 0 Å². The summed E-state index contributed by atoms with van der Waals surface area (Å²) in [7, 11) is 0. The van der Waals surface area contributed by atoms with Gasteiger partial charge < -0.3 is 14.7 Å². The Morgan fingerprint density at radius 1 is 1.18 bits per heavy atom. The highest BCUT2D eigenvalue weighted by Crippen LogP contribution is 2.32. The van der Waals surface area contributed by atoms with Crippen molar-refractivity contribution in [2.75, 3.05) is 13.1 Å². The number of carbonyl (C=O) groups is 2. The molecule has 1 saturated heterocycles. The molecular formula is C20H24FN3O4. The number of likely N-dealkylation sites (tertiary alicyclic amines) is 1. The Hall–Kier alpha value is -2.90. The number of rotatable bonds is 3. The number of hydrogen-bond acceptors (Lipinski definition) is 4. The Balaban J connectivity index is 1.82. The maximum absolute atomic E-state index is 13.3. The molecule has 0 radical (unpaired) electrons. The van der Waals surface area contributed by atoms with E-state index < -0.39 is 11.6 Å². The first-order valence-corrected chi connectivity index (χ1v) is 9.21. The molecule has 1 N–H and O–H groups in total. The molecular weight excluding hydrogens is 365 g/mol. The molecule has 0 spiro atoms. The highest BCUT2D eigenvalue weighted by molar-refractivity contribution is 5.89. The number of ether oxygens (including phenoxy) is 1. The van der Waals surface area contributed by atoms with Crippen LogP contribution in [0.25, 0.3) is 5.69 Å². The van der Waals surface area contributed by atoms with E-state index in [0.717, 1.165) is 0 Å². The summed E-state index contributed by atoms with van der Waals surface area (Å²) < 4.78 is 20.2. The SMILES string of the molecule is CC(C)(C)OC(=O)N1CCC(c2c(C(=O)O)cnn2-c2ccc(F)cc2)CC1. The minimum atomic E-state index is -1.06. The second-order valence-corrected chi connectivity index (χ2v) is 7.88. The van der Waals surface area contributed by atoms with Crippen LogP contribution < -0.4 is 0 Å². The van der Waals surface area contributed by atoms with E-state index in [4.69, 9.17) is 4.74 Å². The normalized spacial score (nSPS) is 15.5. The van der Waals surface area contributed by atoms with E-state index in [9.17, 15) is 19.1 Å². The molecule has 0 aliphatic carbocycles. The molecule has 1 fully saturated rings. The molecule has 0 unspecified atom stereocenters. The van der Waals surface area contributed by atoms with Crippen LogP contribution in [0.2, 0.25) is 0 Å². The first kappa shape index (κ1) is 19.9. The second-order valence-electron chi connectivity index (χ2n) is 7.88. The zero-order valence-corrected chi connectivity index (χ0v) is 16.2. The number of carbonyl (C=O) groups excluding carboxylic acids is 1. The van der Waals surface area contributed by atoms with Gasteiger partial charge in [-0.3, -0.25) is 0 Å². The van der Waals surface area contributed by atoms with Gasteiger partial charge in [-0.15, -0.1) is 0 Å². The molecule has 1 aromatic carbocycles. The molecule has 3 rings (SSSR count). The maximum atomic E-state index is 13.3. The monoisotopic (exact) mass is 389 g/mol. The zero-order chi connectivity index (χ0) is 20.5. The summed E-state index contributed by atoms with van der Waals surface area (Å²) in [6.45, 7) is 6.38. The largest absolute Gasteiger partial charge is 0.478 e. The minimum Gasteiger partial charge on any atom is -0.478 e. The lowest BCUT2D eigenvalue weighted by molar-refractivity contribution is 0.0202. The van der Waals surface area contributed by atoms with Crippen molar-refractivity contribution >= 4 is 12.1 Å². The third-order valence-electron chi connectivity index (χ3n) is 4.64. The third kappa shape index (κ3) is 4.32. The van der Waals surface area contributed by atoms with Crippen LogP contribution in [0.5, 0.6) is 0 Å². The lowest BCUT2D eigenvalue weighted by Crippen LogP contribution is -2.41. The molecule has 1 aliphatic heterocycles. The highest BCUT2D eigenvalue weighted by atomic mass is 19.1. The molecule has 0 atom stereocenters. The Labute approximate surface area is 162 Å². The topological polar surface area (TPSA) is 84.7 Å². The molecule has 150 valence electrons. The smallest absolute Gasteiger partial charge is 0.410 e. The van der Waals surface area contributed by atoms with Gasteiger partial charge in [0.15, 0.2) is 0 Å². The van der Waals surface area contributed by atoms with Crippen LogP contribution in [0.1, 0.15) is 55.6 Å². The summed E-state index contributed by atoms with van der Waals surface area (Å²) in [6, 6.07) is 5.75. The lowest BCUT2D eigenvalue weighted by atomic mass is 9.91. The Kier molecular flexibility index (Phi) is 5.40. The molecule has 0 saturated carbocycles. The molecule has 2 heterocycles. The summed E-state index contributed by atoms with van der Waals surface area (Å²) in [5, 5.41) is 13.8. The van der Waals surface area contributed by atoms with E-state index in [1.807, 2.05) is 20.8 Å². The van der Waals surface area contributed by atoms with E-state index in [0.29, 0.717) is 37.3 Å². The molecule has 1 amide bonds. The van der Waals surface area contributed by atoms with Gasteiger partial charge in [-0.1, -0.05) is 0 Å². The van der Waals surface area contributed by atoms with Gasteiger partial charge in [-0.05, 0) is 57.9 Å². The number of benzene rings is 1. The van der Waals surface area contributed by atoms with Crippen molar-refractivity contribution in [2.45, 2.75) is 45.1 Å². The molecule has 7 nitrogen and oxygen atoms in total. The Morgan fingerprint density at radius 3 is 2.32 bits per heavy atom. The first-order chi connectivity index (χ1) is 13.2. The molecule has 1 aromatic heterocycles. The van der Waals surface area contributed by atoms with Crippen molar-refractivity contribution in [1.29, 1.82) is 0 Å². The number of aromatic carboxylic acids is 1. The Bertz CT molecular complexity index is 863.